The first-order valence-electron chi connectivity index (χ1n) is 5.16. The molecule has 0 atom stereocenters. The molecule has 0 radical (unpaired) electrons. The second-order valence-electron chi connectivity index (χ2n) is 3.62. The van der Waals surface area contributed by atoms with Crippen LogP contribution in [0.4, 0.5) is 0 Å². The van der Waals surface area contributed by atoms with Crippen molar-refractivity contribution in [1.82, 2.24) is 10.3 Å². The molecule has 0 saturated heterocycles. The van der Waals surface area contributed by atoms with Crippen molar-refractivity contribution in [3.63, 3.8) is 0 Å². The number of carbonyl (C=O) groups excluding carboxylic acids is 1. The monoisotopic (exact) mass is 246 g/mol. The lowest BCUT2D eigenvalue weighted by Crippen LogP contribution is -2.29. The summed E-state index contributed by atoms with van der Waals surface area (Å²) >= 11 is 0. The van der Waals surface area contributed by atoms with Crippen LogP contribution in [0, 0.1) is 0 Å². The van der Waals surface area contributed by atoms with Gasteiger partial charge in [-0.2, -0.15) is 0 Å². The van der Waals surface area contributed by atoms with E-state index in [0.717, 1.165) is 0 Å². The molecule has 0 bridgehead atoms. The highest BCUT2D eigenvalue weighted by Crippen LogP contribution is 2.26. The Labute approximate surface area is 102 Å². The van der Waals surface area contributed by atoms with Crippen LogP contribution in [0.15, 0.2) is 30.5 Å². The van der Waals surface area contributed by atoms with Gasteiger partial charge in [-0.3, -0.25) is 9.59 Å². The van der Waals surface area contributed by atoms with E-state index in [9.17, 15) is 14.7 Å². The van der Waals surface area contributed by atoms with Crippen molar-refractivity contribution in [3.8, 4) is 5.75 Å². The Morgan fingerprint density at radius 1 is 1.28 bits per heavy atom. The van der Waals surface area contributed by atoms with E-state index in [2.05, 4.69) is 10.3 Å². The van der Waals surface area contributed by atoms with Crippen LogP contribution >= 0.6 is 0 Å². The number of rotatable bonds is 3. The first-order valence-corrected chi connectivity index (χ1v) is 5.16. The van der Waals surface area contributed by atoms with Crippen molar-refractivity contribution < 1.29 is 19.8 Å². The molecule has 6 heteroatoms. The van der Waals surface area contributed by atoms with Gasteiger partial charge in [0.15, 0.2) is 11.4 Å². The highest BCUT2D eigenvalue weighted by molar-refractivity contribution is 6.02. The zero-order valence-electron chi connectivity index (χ0n) is 9.25. The summed E-state index contributed by atoms with van der Waals surface area (Å²) in [6, 6.07) is 6.91. The molecule has 0 spiro atoms. The second-order valence-corrected chi connectivity index (χ2v) is 3.62. The van der Waals surface area contributed by atoms with Crippen molar-refractivity contribution in [2.45, 2.75) is 0 Å². The van der Waals surface area contributed by atoms with E-state index < -0.39 is 18.4 Å². The number of aromatic nitrogens is 1. The Hall–Kier alpha value is -2.63. The first kappa shape index (κ1) is 11.8. The molecule has 0 fully saturated rings. The molecule has 1 aromatic carbocycles. The standard InChI is InChI=1S/C12H10N2O4/c15-9(16)6-14-12(18)10-11(17)8-4-2-1-3-7(8)5-13-10/h1-5,17H,6H2,(H,14,18)(H,15,16). The van der Waals surface area contributed by atoms with Gasteiger partial charge < -0.3 is 15.5 Å². The zero-order chi connectivity index (χ0) is 13.1. The molecule has 0 unspecified atom stereocenters. The van der Waals surface area contributed by atoms with E-state index in [0.29, 0.717) is 10.8 Å². The summed E-state index contributed by atoms with van der Waals surface area (Å²) in [7, 11) is 0. The minimum absolute atomic E-state index is 0.185. The summed E-state index contributed by atoms with van der Waals surface area (Å²) in [5.74, 6) is -2.14. The van der Waals surface area contributed by atoms with E-state index in [4.69, 9.17) is 5.11 Å². The molecule has 1 heterocycles. The first-order chi connectivity index (χ1) is 8.59. The average Bonchev–Trinajstić information content (AvgIpc) is 2.37. The van der Waals surface area contributed by atoms with E-state index >= 15 is 0 Å². The van der Waals surface area contributed by atoms with Gasteiger partial charge in [0.25, 0.3) is 5.91 Å². The molecule has 0 aliphatic rings. The molecule has 0 aliphatic heterocycles. The van der Waals surface area contributed by atoms with E-state index in [1.165, 1.54) is 6.20 Å². The largest absolute Gasteiger partial charge is 0.505 e. The molecule has 2 aromatic rings. The minimum Gasteiger partial charge on any atom is -0.505 e. The summed E-state index contributed by atoms with van der Waals surface area (Å²) in [6.45, 7) is -0.521. The fourth-order valence-electron chi connectivity index (χ4n) is 1.55. The predicted molar refractivity (Wildman–Crippen MR) is 63.4 cm³/mol. The van der Waals surface area contributed by atoms with Crippen LogP contribution in [0.1, 0.15) is 10.5 Å². The molecule has 18 heavy (non-hydrogen) atoms. The van der Waals surface area contributed by atoms with Crippen LogP contribution in [-0.4, -0.2) is 33.6 Å². The van der Waals surface area contributed by atoms with Gasteiger partial charge >= 0.3 is 5.97 Å². The normalized spacial score (nSPS) is 10.2. The highest BCUT2D eigenvalue weighted by atomic mass is 16.4. The number of aliphatic carboxylic acids is 1. The molecule has 3 N–H and O–H groups in total. The topological polar surface area (TPSA) is 99.5 Å². The Bertz CT molecular complexity index is 625. The quantitative estimate of drug-likeness (QED) is 0.742. The smallest absolute Gasteiger partial charge is 0.322 e. The lowest BCUT2D eigenvalue weighted by Gasteiger charge is -2.06. The molecule has 2 rings (SSSR count). The number of nitrogens with one attached hydrogen (secondary N) is 1. The Kier molecular flexibility index (Phi) is 3.09. The van der Waals surface area contributed by atoms with Crippen LogP contribution in [0.2, 0.25) is 0 Å². The maximum absolute atomic E-state index is 11.6. The van der Waals surface area contributed by atoms with Gasteiger partial charge in [-0.1, -0.05) is 24.3 Å². The fraction of sp³-hybridized carbons (Fsp3) is 0.0833. The number of nitrogens with zero attached hydrogens (tertiary/aromatic N) is 1. The molecule has 0 aliphatic carbocycles. The second kappa shape index (κ2) is 4.70. The fourth-order valence-corrected chi connectivity index (χ4v) is 1.55. The molecule has 0 saturated carbocycles. The van der Waals surface area contributed by atoms with Crippen molar-refractivity contribution in [1.29, 1.82) is 0 Å². The van der Waals surface area contributed by atoms with Gasteiger partial charge in [-0.15, -0.1) is 0 Å². The number of carbonyl (C=O) groups is 2. The van der Waals surface area contributed by atoms with E-state index in [1.54, 1.807) is 24.3 Å². The van der Waals surface area contributed by atoms with Gasteiger partial charge in [0.05, 0.1) is 0 Å². The number of carboxylic acid groups (broad SMARTS) is 1. The number of benzene rings is 1. The lowest BCUT2D eigenvalue weighted by molar-refractivity contribution is -0.135. The van der Waals surface area contributed by atoms with Crippen LogP contribution < -0.4 is 5.32 Å². The molecule has 6 nitrogen and oxygen atoms in total. The maximum Gasteiger partial charge on any atom is 0.322 e. The number of carboxylic acids is 1. The number of hydrogen-bond donors (Lipinski definition) is 3. The molecular formula is C12H10N2O4. The van der Waals surface area contributed by atoms with Crippen molar-refractivity contribution in [2.24, 2.45) is 0 Å². The third kappa shape index (κ3) is 2.22. The van der Waals surface area contributed by atoms with Gasteiger partial charge in [0, 0.05) is 17.0 Å². The summed E-state index contributed by atoms with van der Waals surface area (Å²) < 4.78 is 0. The number of pyridine rings is 1. The van der Waals surface area contributed by atoms with Gasteiger partial charge in [0.2, 0.25) is 0 Å². The average molecular weight is 246 g/mol. The number of amides is 1. The van der Waals surface area contributed by atoms with Crippen LogP contribution in [0.5, 0.6) is 5.75 Å². The van der Waals surface area contributed by atoms with E-state index in [1.807, 2.05) is 0 Å². The SMILES string of the molecule is O=C(O)CNC(=O)c1ncc2ccccc2c1O. The summed E-state index contributed by atoms with van der Waals surface area (Å²) in [5, 5.41) is 21.7. The van der Waals surface area contributed by atoms with Crippen LogP contribution in [0.3, 0.4) is 0 Å². The molecular weight excluding hydrogens is 236 g/mol. The van der Waals surface area contributed by atoms with Crippen molar-refractivity contribution in [2.75, 3.05) is 6.54 Å². The summed E-state index contributed by atoms with van der Waals surface area (Å²) in [4.78, 5) is 25.8. The Balaban J connectivity index is 2.37. The van der Waals surface area contributed by atoms with Gasteiger partial charge in [-0.05, 0) is 0 Å². The third-order valence-corrected chi connectivity index (χ3v) is 2.39. The minimum atomic E-state index is -1.16. The maximum atomic E-state index is 11.6. The number of aromatic hydroxyl groups is 1. The van der Waals surface area contributed by atoms with Crippen LogP contribution in [0.25, 0.3) is 10.8 Å². The number of fused-ring (bicyclic) bond motifs is 1. The Morgan fingerprint density at radius 3 is 2.72 bits per heavy atom. The van der Waals surface area contributed by atoms with Gasteiger partial charge in [-0.25, -0.2) is 4.98 Å². The number of hydrogen-bond acceptors (Lipinski definition) is 4. The third-order valence-electron chi connectivity index (χ3n) is 2.39. The highest BCUT2D eigenvalue weighted by Gasteiger charge is 2.15. The molecule has 1 amide bonds. The summed E-state index contributed by atoms with van der Waals surface area (Å²) in [6.07, 6.45) is 1.45. The van der Waals surface area contributed by atoms with E-state index in [-0.39, 0.29) is 11.4 Å². The predicted octanol–water partition coefficient (Wildman–Crippen LogP) is 0.755. The van der Waals surface area contributed by atoms with Crippen LogP contribution in [-0.2, 0) is 4.79 Å². The zero-order valence-corrected chi connectivity index (χ0v) is 9.25. The summed E-state index contributed by atoms with van der Waals surface area (Å²) in [5.41, 5.74) is -0.185. The van der Waals surface area contributed by atoms with Crippen molar-refractivity contribution >= 4 is 22.6 Å². The Morgan fingerprint density at radius 2 is 2.00 bits per heavy atom. The van der Waals surface area contributed by atoms with Gasteiger partial charge in [0.1, 0.15) is 6.54 Å². The molecule has 92 valence electrons. The lowest BCUT2D eigenvalue weighted by atomic mass is 10.1. The molecule has 1 aromatic heterocycles. The van der Waals surface area contributed by atoms with Crippen molar-refractivity contribution in [3.05, 3.63) is 36.2 Å².